The van der Waals surface area contributed by atoms with E-state index in [4.69, 9.17) is 16.3 Å². The first-order chi connectivity index (χ1) is 11.6. The molecule has 0 saturated carbocycles. The molecule has 5 heteroatoms. The standard InChI is InChI=1S/C19H27ClN2O2/c1-24-14-13-22-12-10-19(22)9-2-11-21(15-19)18(23)8-5-16-3-6-17(20)7-4-16/h3-4,6-7H,2,5,8-15H2,1H3. The van der Waals surface area contributed by atoms with Gasteiger partial charge in [0, 0.05) is 50.3 Å². The van der Waals surface area contributed by atoms with E-state index in [2.05, 4.69) is 9.80 Å². The summed E-state index contributed by atoms with van der Waals surface area (Å²) >= 11 is 5.91. The van der Waals surface area contributed by atoms with Crippen molar-refractivity contribution in [3.05, 3.63) is 34.9 Å². The highest BCUT2D eigenvalue weighted by Gasteiger charge is 2.47. The molecule has 2 fully saturated rings. The fourth-order valence-corrected chi connectivity index (χ4v) is 4.11. The monoisotopic (exact) mass is 350 g/mol. The molecule has 132 valence electrons. The maximum Gasteiger partial charge on any atom is 0.222 e. The first-order valence-electron chi connectivity index (χ1n) is 8.89. The number of rotatable bonds is 6. The minimum Gasteiger partial charge on any atom is -0.383 e. The Morgan fingerprint density at radius 3 is 2.71 bits per heavy atom. The molecule has 1 unspecified atom stereocenters. The zero-order valence-corrected chi connectivity index (χ0v) is 15.2. The van der Waals surface area contributed by atoms with Crippen molar-refractivity contribution in [1.29, 1.82) is 0 Å². The van der Waals surface area contributed by atoms with Crippen LogP contribution in [-0.4, -0.2) is 61.1 Å². The van der Waals surface area contributed by atoms with Crippen LogP contribution in [0.3, 0.4) is 0 Å². The molecule has 0 radical (unpaired) electrons. The summed E-state index contributed by atoms with van der Waals surface area (Å²) in [5.74, 6) is 0.280. The Morgan fingerprint density at radius 1 is 1.25 bits per heavy atom. The third kappa shape index (κ3) is 3.93. The van der Waals surface area contributed by atoms with E-state index in [1.54, 1.807) is 7.11 Å². The Hall–Kier alpha value is -1.10. The Kier molecular flexibility index (Phi) is 5.80. The van der Waals surface area contributed by atoms with Crippen molar-refractivity contribution in [3.8, 4) is 0 Å². The van der Waals surface area contributed by atoms with E-state index in [9.17, 15) is 4.79 Å². The maximum atomic E-state index is 12.6. The summed E-state index contributed by atoms with van der Waals surface area (Å²) in [5.41, 5.74) is 1.39. The number of ether oxygens (including phenoxy) is 1. The summed E-state index contributed by atoms with van der Waals surface area (Å²) in [6.07, 6.45) is 4.88. The number of carbonyl (C=O) groups excluding carboxylic acids is 1. The number of nitrogens with zero attached hydrogens (tertiary/aromatic N) is 2. The lowest BCUT2D eigenvalue weighted by Gasteiger charge is -2.57. The smallest absolute Gasteiger partial charge is 0.222 e. The second-order valence-corrected chi connectivity index (χ2v) is 7.44. The number of halogens is 1. The highest BCUT2D eigenvalue weighted by molar-refractivity contribution is 6.30. The van der Waals surface area contributed by atoms with E-state index < -0.39 is 0 Å². The average molecular weight is 351 g/mol. The molecule has 1 atom stereocenters. The molecule has 24 heavy (non-hydrogen) atoms. The van der Waals surface area contributed by atoms with Gasteiger partial charge in [-0.2, -0.15) is 0 Å². The van der Waals surface area contributed by atoms with Crippen LogP contribution in [0.1, 0.15) is 31.2 Å². The number of hydrogen-bond acceptors (Lipinski definition) is 3. The number of amides is 1. The van der Waals surface area contributed by atoms with Crippen molar-refractivity contribution in [2.75, 3.05) is 39.9 Å². The Morgan fingerprint density at radius 2 is 2.04 bits per heavy atom. The van der Waals surface area contributed by atoms with Gasteiger partial charge < -0.3 is 9.64 Å². The first-order valence-corrected chi connectivity index (χ1v) is 9.27. The van der Waals surface area contributed by atoms with Gasteiger partial charge in [-0.15, -0.1) is 0 Å². The van der Waals surface area contributed by atoms with Crippen LogP contribution in [0.15, 0.2) is 24.3 Å². The number of hydrogen-bond donors (Lipinski definition) is 0. The molecular formula is C19H27ClN2O2. The Labute approximate surface area is 149 Å². The third-order valence-corrected chi connectivity index (χ3v) is 5.78. The summed E-state index contributed by atoms with van der Waals surface area (Å²) < 4.78 is 5.22. The molecule has 1 amide bonds. The molecule has 4 nitrogen and oxygen atoms in total. The van der Waals surface area contributed by atoms with Crippen LogP contribution in [0.5, 0.6) is 0 Å². The first kappa shape index (κ1) is 17.7. The second-order valence-electron chi connectivity index (χ2n) is 7.00. The van der Waals surface area contributed by atoms with E-state index >= 15 is 0 Å². The van der Waals surface area contributed by atoms with E-state index in [0.29, 0.717) is 6.42 Å². The van der Waals surface area contributed by atoms with Crippen LogP contribution in [0.25, 0.3) is 0 Å². The zero-order chi connectivity index (χ0) is 17.0. The Balaban J connectivity index is 1.52. The normalized spacial score (nSPS) is 24.2. The van der Waals surface area contributed by atoms with Gasteiger partial charge in [-0.1, -0.05) is 23.7 Å². The van der Waals surface area contributed by atoms with Crippen molar-refractivity contribution in [2.24, 2.45) is 0 Å². The predicted octanol–water partition coefficient (Wildman–Crippen LogP) is 2.99. The number of carbonyl (C=O) groups is 1. The molecule has 2 aliphatic heterocycles. The topological polar surface area (TPSA) is 32.8 Å². The SMILES string of the molecule is COCCN1CCC12CCCN(C(=O)CCc1ccc(Cl)cc1)C2. The molecule has 3 rings (SSSR count). The van der Waals surface area contributed by atoms with Gasteiger partial charge in [0.05, 0.1) is 6.61 Å². The van der Waals surface area contributed by atoms with Gasteiger partial charge in [-0.05, 0) is 43.4 Å². The van der Waals surface area contributed by atoms with Crippen molar-refractivity contribution >= 4 is 17.5 Å². The molecule has 1 aromatic rings. The number of benzene rings is 1. The van der Waals surface area contributed by atoms with E-state index in [0.717, 1.165) is 50.7 Å². The van der Waals surface area contributed by atoms with E-state index in [1.165, 1.54) is 18.4 Å². The van der Waals surface area contributed by atoms with Crippen LogP contribution >= 0.6 is 11.6 Å². The van der Waals surface area contributed by atoms with Crippen LogP contribution in [0.4, 0.5) is 0 Å². The molecule has 0 bridgehead atoms. The molecule has 2 aliphatic rings. The second kappa shape index (κ2) is 7.85. The van der Waals surface area contributed by atoms with Gasteiger partial charge in [0.25, 0.3) is 0 Å². The largest absolute Gasteiger partial charge is 0.383 e. The molecule has 0 aromatic heterocycles. The van der Waals surface area contributed by atoms with Crippen LogP contribution in [0, 0.1) is 0 Å². The van der Waals surface area contributed by atoms with Gasteiger partial charge in [-0.25, -0.2) is 0 Å². The summed E-state index contributed by atoms with van der Waals surface area (Å²) in [6, 6.07) is 7.79. The van der Waals surface area contributed by atoms with Gasteiger partial charge in [-0.3, -0.25) is 9.69 Å². The molecule has 0 aliphatic carbocycles. The number of aryl methyl sites for hydroxylation is 1. The highest BCUT2D eigenvalue weighted by atomic mass is 35.5. The summed E-state index contributed by atoms with van der Waals surface area (Å²) in [5, 5.41) is 0.740. The number of piperidine rings is 1. The summed E-state index contributed by atoms with van der Waals surface area (Å²) in [4.78, 5) is 17.2. The molecule has 0 N–H and O–H groups in total. The fraction of sp³-hybridized carbons (Fsp3) is 0.632. The van der Waals surface area contributed by atoms with Gasteiger partial charge in [0.2, 0.25) is 5.91 Å². The lowest BCUT2D eigenvalue weighted by atomic mass is 9.77. The zero-order valence-electron chi connectivity index (χ0n) is 14.5. The maximum absolute atomic E-state index is 12.6. The van der Waals surface area contributed by atoms with Crippen molar-refractivity contribution in [1.82, 2.24) is 9.80 Å². The molecule has 1 spiro atoms. The van der Waals surface area contributed by atoms with Crippen LogP contribution in [-0.2, 0) is 16.0 Å². The molecule has 2 heterocycles. The quantitative estimate of drug-likeness (QED) is 0.790. The van der Waals surface area contributed by atoms with E-state index in [1.807, 2.05) is 24.3 Å². The van der Waals surface area contributed by atoms with Gasteiger partial charge in [0.1, 0.15) is 0 Å². The molecule has 2 saturated heterocycles. The average Bonchev–Trinajstić information content (AvgIpc) is 2.60. The predicted molar refractivity (Wildman–Crippen MR) is 96.4 cm³/mol. The third-order valence-electron chi connectivity index (χ3n) is 5.53. The number of likely N-dealkylation sites (tertiary alicyclic amines) is 2. The van der Waals surface area contributed by atoms with Crippen LogP contribution < -0.4 is 0 Å². The van der Waals surface area contributed by atoms with Gasteiger partial charge in [0.15, 0.2) is 0 Å². The number of methoxy groups -OCH3 is 1. The molecular weight excluding hydrogens is 324 g/mol. The van der Waals surface area contributed by atoms with Crippen LogP contribution in [0.2, 0.25) is 5.02 Å². The van der Waals surface area contributed by atoms with Gasteiger partial charge >= 0.3 is 0 Å². The molecule has 1 aromatic carbocycles. The fourth-order valence-electron chi connectivity index (χ4n) is 3.98. The lowest BCUT2D eigenvalue weighted by Crippen LogP contribution is -2.67. The summed E-state index contributed by atoms with van der Waals surface area (Å²) in [6.45, 7) is 4.67. The Bertz CT molecular complexity index is 563. The van der Waals surface area contributed by atoms with E-state index in [-0.39, 0.29) is 11.4 Å². The minimum atomic E-state index is 0.215. The van der Waals surface area contributed by atoms with Crippen molar-refractivity contribution in [3.63, 3.8) is 0 Å². The minimum absolute atomic E-state index is 0.215. The van der Waals surface area contributed by atoms with Crippen molar-refractivity contribution < 1.29 is 9.53 Å². The highest BCUT2D eigenvalue weighted by Crippen LogP contribution is 2.38. The summed E-state index contributed by atoms with van der Waals surface area (Å²) in [7, 11) is 1.75. The van der Waals surface area contributed by atoms with Crippen molar-refractivity contribution in [2.45, 2.75) is 37.6 Å². The lowest BCUT2D eigenvalue weighted by molar-refractivity contribution is -0.140.